The Balaban J connectivity index is 1.23. The molecule has 46 heavy (non-hydrogen) atoms. The Kier molecular flexibility index (Phi) is 9.14. The van der Waals surface area contributed by atoms with Crippen molar-refractivity contribution in [2.45, 2.75) is 70.2 Å². The number of Topliss-reactive ketones (excluding diaryl/α,β-unsaturated/α-hetero) is 2. The highest BCUT2D eigenvalue weighted by atomic mass is 19.3. The van der Waals surface area contributed by atoms with Crippen LogP contribution in [0.3, 0.4) is 0 Å². The number of carbonyl (C=O) groups excluding carboxylic acids is 5. The van der Waals surface area contributed by atoms with Crippen LogP contribution in [0.1, 0.15) is 61.0 Å². The van der Waals surface area contributed by atoms with E-state index in [2.05, 4.69) is 20.4 Å². The zero-order chi connectivity index (χ0) is 32.4. The molecule has 3 aromatic rings. The summed E-state index contributed by atoms with van der Waals surface area (Å²) < 4.78 is 30.6. The first-order chi connectivity index (χ1) is 22.2. The molecule has 12 heteroatoms. The maximum atomic E-state index is 14.1. The number of nitrogens with one attached hydrogen (secondary N) is 3. The largest absolute Gasteiger partial charge is 0.434 e. The van der Waals surface area contributed by atoms with Gasteiger partial charge in [-0.3, -0.25) is 24.0 Å². The van der Waals surface area contributed by atoms with E-state index in [-0.39, 0.29) is 42.0 Å². The van der Waals surface area contributed by atoms with Crippen LogP contribution in [0.4, 0.5) is 8.78 Å². The van der Waals surface area contributed by atoms with Crippen molar-refractivity contribution in [2.24, 2.45) is 17.8 Å². The normalized spacial score (nSPS) is 23.0. The van der Waals surface area contributed by atoms with Gasteiger partial charge in [-0.15, -0.1) is 0 Å². The van der Waals surface area contributed by atoms with E-state index in [0.29, 0.717) is 43.1 Å². The monoisotopic (exact) mass is 634 g/mol. The number of nitrogens with zero attached hydrogens (tertiary/aromatic N) is 1. The highest BCUT2D eigenvalue weighted by Gasteiger charge is 2.50. The lowest BCUT2D eigenvalue weighted by Crippen LogP contribution is -2.55. The van der Waals surface area contributed by atoms with Gasteiger partial charge >= 0.3 is 6.61 Å². The van der Waals surface area contributed by atoms with Crippen molar-refractivity contribution in [2.75, 3.05) is 6.54 Å². The van der Waals surface area contributed by atoms with Crippen LogP contribution in [-0.2, 0) is 25.7 Å². The average molecular weight is 635 g/mol. The molecule has 6 rings (SSSR count). The molecule has 2 heterocycles. The van der Waals surface area contributed by atoms with E-state index in [9.17, 15) is 32.8 Å². The number of hydrogen-bond donors (Lipinski definition) is 3. The molecule has 3 fully saturated rings. The first-order valence-electron chi connectivity index (χ1n) is 15.8. The minimum absolute atomic E-state index is 0.000674. The number of likely N-dealkylation sites (tertiary alicyclic amines) is 1. The van der Waals surface area contributed by atoms with Gasteiger partial charge in [0.15, 0.2) is 0 Å². The van der Waals surface area contributed by atoms with E-state index in [1.54, 1.807) is 6.07 Å². The van der Waals surface area contributed by atoms with Crippen LogP contribution in [0.25, 0.3) is 10.9 Å². The fraction of sp³-hybridized carbons (Fsp3) is 0.441. The molecule has 5 atom stereocenters. The Morgan fingerprint density at radius 3 is 2.54 bits per heavy atom. The Morgan fingerprint density at radius 2 is 1.80 bits per heavy atom. The van der Waals surface area contributed by atoms with Gasteiger partial charge in [0, 0.05) is 36.3 Å². The Morgan fingerprint density at radius 1 is 1.00 bits per heavy atom. The SMILES string of the molecule is O=C(NCc1ccccc1)C(=O)[C@H](C[C@@H]1CCCC1=O)NC(=O)[C@@H]1[C@H]2CCC[C@H]2CN1C(=O)c1cc2c(OC(F)F)cccc2[nH]1. The number of carbonyl (C=O) groups is 5. The summed E-state index contributed by atoms with van der Waals surface area (Å²) in [7, 11) is 0. The fourth-order valence-electron chi connectivity index (χ4n) is 7.38. The number of ketones is 2. The number of aromatic nitrogens is 1. The van der Waals surface area contributed by atoms with Gasteiger partial charge in [-0.1, -0.05) is 42.8 Å². The number of benzene rings is 2. The third kappa shape index (κ3) is 6.52. The summed E-state index contributed by atoms with van der Waals surface area (Å²) in [6.07, 6.45) is 4.08. The maximum absolute atomic E-state index is 14.1. The van der Waals surface area contributed by atoms with Crippen molar-refractivity contribution in [3.05, 3.63) is 65.9 Å². The summed E-state index contributed by atoms with van der Waals surface area (Å²) in [4.78, 5) is 71.5. The highest BCUT2D eigenvalue weighted by molar-refractivity contribution is 6.38. The maximum Gasteiger partial charge on any atom is 0.387 e. The lowest BCUT2D eigenvalue weighted by atomic mass is 9.91. The van der Waals surface area contributed by atoms with Crippen LogP contribution in [-0.4, -0.2) is 64.4 Å². The van der Waals surface area contributed by atoms with Crippen LogP contribution >= 0.6 is 0 Å². The van der Waals surface area contributed by atoms with Crippen LogP contribution in [0.5, 0.6) is 5.75 Å². The smallest absolute Gasteiger partial charge is 0.387 e. The molecule has 2 aliphatic carbocycles. The molecule has 0 bridgehead atoms. The molecule has 10 nitrogen and oxygen atoms in total. The minimum Gasteiger partial charge on any atom is -0.434 e. The zero-order valence-electron chi connectivity index (χ0n) is 25.2. The minimum atomic E-state index is -3.04. The molecule has 2 saturated carbocycles. The van der Waals surface area contributed by atoms with Crippen molar-refractivity contribution in [1.29, 1.82) is 0 Å². The molecule has 3 N–H and O–H groups in total. The predicted octanol–water partition coefficient (Wildman–Crippen LogP) is 4.14. The van der Waals surface area contributed by atoms with Crippen molar-refractivity contribution < 1.29 is 37.5 Å². The molecule has 1 aromatic heterocycles. The van der Waals surface area contributed by atoms with E-state index in [4.69, 9.17) is 0 Å². The molecule has 2 aromatic carbocycles. The second-order valence-electron chi connectivity index (χ2n) is 12.4. The number of hydrogen-bond acceptors (Lipinski definition) is 6. The summed E-state index contributed by atoms with van der Waals surface area (Å²) in [5.41, 5.74) is 1.34. The molecule has 1 aliphatic heterocycles. The molecule has 3 amide bonds. The van der Waals surface area contributed by atoms with Gasteiger partial charge in [0.25, 0.3) is 11.8 Å². The van der Waals surface area contributed by atoms with Gasteiger partial charge in [-0.05, 0) is 67.7 Å². The second-order valence-corrected chi connectivity index (χ2v) is 12.4. The first-order valence-corrected chi connectivity index (χ1v) is 15.8. The first kappa shape index (κ1) is 31.4. The Bertz CT molecular complexity index is 1640. The lowest BCUT2D eigenvalue weighted by molar-refractivity contribution is -0.141. The highest BCUT2D eigenvalue weighted by Crippen LogP contribution is 2.43. The van der Waals surface area contributed by atoms with Crippen LogP contribution in [0.15, 0.2) is 54.6 Å². The summed E-state index contributed by atoms with van der Waals surface area (Å²) in [5, 5.41) is 5.71. The van der Waals surface area contributed by atoms with Crippen LogP contribution < -0.4 is 15.4 Å². The second kappa shape index (κ2) is 13.4. The summed E-state index contributed by atoms with van der Waals surface area (Å²) in [5.74, 6) is -3.36. The van der Waals surface area contributed by atoms with Crippen molar-refractivity contribution in [3.63, 3.8) is 0 Å². The molecular formula is C34H36F2N4O6. The standard InChI is InChI=1S/C34H36F2N4O6/c35-34(36)46-28-14-6-12-24-23(28)16-26(38-24)33(45)40-18-21-10-4-11-22(21)29(40)31(43)39-25(15-20-9-5-13-27(20)41)30(42)32(44)37-17-19-7-2-1-3-8-19/h1-3,6-8,12,14,16,20-22,25,29,34,38H,4-5,9-11,13,15,17-18H2,(H,37,44)(H,39,43)/t20-,21-,22-,25-,29-/m0/s1. The van der Waals surface area contributed by atoms with Crippen LogP contribution in [0.2, 0.25) is 0 Å². The van der Waals surface area contributed by atoms with Gasteiger partial charge < -0.3 is 25.3 Å². The predicted molar refractivity (Wildman–Crippen MR) is 163 cm³/mol. The number of amides is 3. The summed E-state index contributed by atoms with van der Waals surface area (Å²) in [6.45, 7) is -2.60. The third-order valence-electron chi connectivity index (χ3n) is 9.59. The summed E-state index contributed by atoms with van der Waals surface area (Å²) in [6, 6.07) is 12.9. The number of alkyl halides is 2. The number of fused-ring (bicyclic) bond motifs is 2. The van der Waals surface area contributed by atoms with Crippen molar-refractivity contribution >= 4 is 40.2 Å². The van der Waals surface area contributed by atoms with Crippen LogP contribution in [0, 0.1) is 17.8 Å². The molecular weight excluding hydrogens is 598 g/mol. The van der Waals surface area contributed by atoms with E-state index in [1.165, 1.54) is 23.1 Å². The number of halogens is 2. The fourth-order valence-corrected chi connectivity index (χ4v) is 7.38. The molecule has 1 saturated heterocycles. The van der Waals surface area contributed by atoms with E-state index >= 15 is 0 Å². The van der Waals surface area contributed by atoms with Gasteiger partial charge in [-0.25, -0.2) is 0 Å². The quantitative estimate of drug-likeness (QED) is 0.271. The molecule has 3 aliphatic rings. The van der Waals surface area contributed by atoms with Gasteiger partial charge in [0.05, 0.1) is 6.04 Å². The van der Waals surface area contributed by atoms with E-state index in [0.717, 1.165) is 18.4 Å². The number of ether oxygens (including phenoxy) is 1. The third-order valence-corrected chi connectivity index (χ3v) is 9.59. The Hall–Kier alpha value is -4.61. The molecule has 0 spiro atoms. The van der Waals surface area contributed by atoms with Crippen molar-refractivity contribution in [1.82, 2.24) is 20.5 Å². The average Bonchev–Trinajstić information content (AvgIpc) is 3.84. The topological polar surface area (TPSA) is 138 Å². The molecule has 0 unspecified atom stereocenters. The van der Waals surface area contributed by atoms with Gasteiger partial charge in [-0.2, -0.15) is 8.78 Å². The molecule has 0 radical (unpaired) electrons. The summed E-state index contributed by atoms with van der Waals surface area (Å²) >= 11 is 0. The number of rotatable bonds is 11. The van der Waals surface area contributed by atoms with E-state index < -0.39 is 48.1 Å². The Labute approximate surface area is 264 Å². The lowest BCUT2D eigenvalue weighted by Gasteiger charge is -2.29. The van der Waals surface area contributed by atoms with Gasteiger partial charge in [0.2, 0.25) is 11.7 Å². The van der Waals surface area contributed by atoms with E-state index in [1.807, 2.05) is 30.3 Å². The number of aromatic amines is 1. The number of H-pyrrole nitrogens is 1. The molecule has 242 valence electrons. The van der Waals surface area contributed by atoms with Crippen molar-refractivity contribution in [3.8, 4) is 5.75 Å². The zero-order valence-corrected chi connectivity index (χ0v) is 25.2. The van der Waals surface area contributed by atoms with Gasteiger partial charge in [0.1, 0.15) is 23.3 Å².